The van der Waals surface area contributed by atoms with Crippen LogP contribution in [0.5, 0.6) is 0 Å². The molecule has 2 aliphatic heterocycles. The van der Waals surface area contributed by atoms with Crippen molar-refractivity contribution in [2.24, 2.45) is 5.92 Å². The van der Waals surface area contributed by atoms with Gasteiger partial charge in [-0.3, -0.25) is 14.4 Å². The third-order valence-electron chi connectivity index (χ3n) is 9.60. The molecule has 2 N–H and O–H groups in total. The number of thiophene rings is 1. The first-order chi connectivity index (χ1) is 24.0. The number of carbonyl (C=O) groups is 3. The van der Waals surface area contributed by atoms with Gasteiger partial charge in [0.25, 0.3) is 5.91 Å². The minimum atomic E-state index is -0.922. The van der Waals surface area contributed by atoms with E-state index in [9.17, 15) is 19.5 Å². The first-order valence-corrected chi connectivity index (χ1v) is 17.8. The van der Waals surface area contributed by atoms with Gasteiger partial charge >= 0.3 is 5.97 Å². The van der Waals surface area contributed by atoms with E-state index >= 15 is 0 Å². The highest BCUT2D eigenvalue weighted by atomic mass is 32.1. The average molecular weight is 691 g/mol. The van der Waals surface area contributed by atoms with Crippen LogP contribution < -0.4 is 10.2 Å². The molecule has 0 radical (unpaired) electrons. The fourth-order valence-corrected chi connectivity index (χ4v) is 7.42. The molecule has 50 heavy (non-hydrogen) atoms. The number of carbonyl (C=O) groups excluding carboxylic acids is 2. The zero-order valence-corrected chi connectivity index (χ0v) is 29.4. The lowest BCUT2D eigenvalue weighted by Gasteiger charge is -2.38. The Morgan fingerprint density at radius 1 is 0.960 bits per heavy atom. The van der Waals surface area contributed by atoms with Crippen LogP contribution in [-0.4, -0.2) is 70.0 Å². The summed E-state index contributed by atoms with van der Waals surface area (Å²) in [5, 5.41) is 21.2. The first-order valence-electron chi connectivity index (χ1n) is 17.0. The number of aromatic nitrogens is 2. The first kappa shape index (κ1) is 34.8. The number of hydrogen-bond acceptors (Lipinski definition) is 8. The number of nitrogens with one attached hydrogen (secondary N) is 1. The monoisotopic (exact) mass is 690 g/mol. The molecule has 11 heteroatoms. The van der Waals surface area contributed by atoms with Crippen LogP contribution >= 0.6 is 11.3 Å². The summed E-state index contributed by atoms with van der Waals surface area (Å²) in [6.45, 7) is 8.36. The number of nitrogens with zero attached hydrogens (tertiary/aromatic N) is 5. The van der Waals surface area contributed by atoms with E-state index in [-0.39, 0.29) is 36.7 Å². The molecule has 0 spiro atoms. The maximum absolute atomic E-state index is 13.5. The number of likely N-dealkylation sites (tertiary alicyclic amines) is 1. The van der Waals surface area contributed by atoms with Crippen LogP contribution in [0.4, 0.5) is 5.69 Å². The molecule has 2 aliphatic rings. The standard InChI is InChI=1S/C39H42N6O4S/c1-39(2,3)34-13-12-33(50-34)36(46)43-32(37(47)45-23-30(24-45)38(48)49)20-26-6-10-29(11-7-26)35-41-21-31(22-42-35)44-18-15-28(16-19-44)27-8-4-25(5-9-27)14-17-40/h4-13,21-22,28,30,32H,14-16,18-20,23-24H2,1-3H3,(H,43,46)(H,48,49)/t32-/m0/s1. The molecule has 2 amide bonds. The van der Waals surface area contributed by atoms with E-state index in [0.717, 1.165) is 53.2 Å². The molecule has 2 aromatic carbocycles. The Kier molecular flexibility index (Phi) is 10.3. The van der Waals surface area contributed by atoms with Gasteiger partial charge in [-0.05, 0) is 53.0 Å². The fourth-order valence-electron chi connectivity index (χ4n) is 6.46. The molecule has 10 nitrogen and oxygen atoms in total. The van der Waals surface area contributed by atoms with Crippen molar-refractivity contribution in [3.8, 4) is 17.5 Å². The number of amides is 2. The zero-order valence-electron chi connectivity index (χ0n) is 28.6. The van der Waals surface area contributed by atoms with Crippen molar-refractivity contribution >= 4 is 34.8 Å². The smallest absolute Gasteiger partial charge is 0.310 e. The molecule has 2 saturated heterocycles. The minimum absolute atomic E-state index is 0.0981. The molecule has 2 fully saturated rings. The summed E-state index contributed by atoms with van der Waals surface area (Å²) in [7, 11) is 0. The molecule has 1 atom stereocenters. The normalized spacial score (nSPS) is 16.0. The van der Waals surface area contributed by atoms with Crippen LogP contribution in [0.25, 0.3) is 11.4 Å². The van der Waals surface area contributed by atoms with Crippen LogP contribution in [-0.2, 0) is 27.8 Å². The second-order valence-corrected chi connectivity index (χ2v) is 15.3. The lowest BCUT2D eigenvalue weighted by molar-refractivity contribution is -0.153. The van der Waals surface area contributed by atoms with E-state index in [4.69, 9.17) is 5.26 Å². The molecular formula is C39H42N6O4S. The molecule has 2 aromatic heterocycles. The van der Waals surface area contributed by atoms with Crippen molar-refractivity contribution in [3.05, 3.63) is 99.5 Å². The zero-order chi connectivity index (χ0) is 35.4. The van der Waals surface area contributed by atoms with E-state index in [1.807, 2.05) is 42.7 Å². The Hall–Kier alpha value is -5.08. The Bertz CT molecular complexity index is 1860. The molecule has 258 valence electrons. The van der Waals surface area contributed by atoms with Crippen LogP contribution in [0.3, 0.4) is 0 Å². The van der Waals surface area contributed by atoms with Gasteiger partial charge in [0.05, 0.1) is 41.4 Å². The molecule has 6 rings (SSSR count). The van der Waals surface area contributed by atoms with Crippen LogP contribution in [0.15, 0.2) is 73.1 Å². The maximum atomic E-state index is 13.5. The summed E-state index contributed by atoms with van der Waals surface area (Å²) < 4.78 is 0. The predicted octanol–water partition coefficient (Wildman–Crippen LogP) is 5.84. The molecule has 0 bridgehead atoms. The highest BCUT2D eigenvalue weighted by molar-refractivity contribution is 7.14. The summed E-state index contributed by atoms with van der Waals surface area (Å²) in [6.07, 6.45) is 6.50. The van der Waals surface area contributed by atoms with Crippen LogP contribution in [0.1, 0.15) is 70.8 Å². The Balaban J connectivity index is 1.08. The molecule has 4 aromatic rings. The van der Waals surface area contributed by atoms with Gasteiger partial charge in [0, 0.05) is 43.0 Å². The number of benzene rings is 2. The number of carboxylic acids is 1. The third-order valence-corrected chi connectivity index (χ3v) is 11.1. The topological polar surface area (TPSA) is 140 Å². The quantitative estimate of drug-likeness (QED) is 0.212. The van der Waals surface area contributed by atoms with Crippen molar-refractivity contribution in [1.82, 2.24) is 20.2 Å². The van der Waals surface area contributed by atoms with Crippen molar-refractivity contribution in [1.29, 1.82) is 5.26 Å². The lowest BCUT2D eigenvalue weighted by Crippen LogP contribution is -2.59. The van der Waals surface area contributed by atoms with Gasteiger partial charge in [-0.2, -0.15) is 5.26 Å². The van der Waals surface area contributed by atoms with Crippen molar-refractivity contribution in [2.75, 3.05) is 31.1 Å². The van der Waals surface area contributed by atoms with Gasteiger partial charge in [-0.25, -0.2) is 9.97 Å². The van der Waals surface area contributed by atoms with E-state index < -0.39 is 17.9 Å². The molecule has 0 aliphatic carbocycles. The van der Waals surface area contributed by atoms with Gasteiger partial charge in [0.1, 0.15) is 6.04 Å². The van der Waals surface area contributed by atoms with E-state index in [2.05, 4.69) is 71.3 Å². The van der Waals surface area contributed by atoms with E-state index in [0.29, 0.717) is 23.0 Å². The largest absolute Gasteiger partial charge is 0.481 e. The number of carboxylic acid groups (broad SMARTS) is 1. The number of rotatable bonds is 10. The van der Waals surface area contributed by atoms with Crippen molar-refractivity contribution in [3.63, 3.8) is 0 Å². The summed E-state index contributed by atoms with van der Waals surface area (Å²) >= 11 is 1.41. The number of aliphatic carboxylic acids is 1. The van der Waals surface area contributed by atoms with Crippen molar-refractivity contribution < 1.29 is 19.5 Å². The molecule has 0 unspecified atom stereocenters. The predicted molar refractivity (Wildman–Crippen MR) is 193 cm³/mol. The van der Waals surface area contributed by atoms with Gasteiger partial charge in [-0.15, -0.1) is 11.3 Å². The van der Waals surface area contributed by atoms with Crippen LogP contribution in [0, 0.1) is 17.2 Å². The minimum Gasteiger partial charge on any atom is -0.481 e. The number of hydrogen-bond donors (Lipinski definition) is 2. The third kappa shape index (κ3) is 8.03. The SMILES string of the molecule is CC(C)(C)c1ccc(C(=O)N[C@@H](Cc2ccc(-c3ncc(N4CCC(c5ccc(CC#N)cc5)CC4)cn3)cc2)C(=O)N2CC(C(=O)O)C2)s1. The summed E-state index contributed by atoms with van der Waals surface area (Å²) in [4.78, 5) is 52.9. The number of nitriles is 1. The van der Waals surface area contributed by atoms with Gasteiger partial charge in [-0.1, -0.05) is 69.3 Å². The van der Waals surface area contributed by atoms with Gasteiger partial charge in [0.2, 0.25) is 5.91 Å². The number of piperidine rings is 1. The second-order valence-electron chi connectivity index (χ2n) is 14.2. The Labute approximate surface area is 296 Å². The molecular weight excluding hydrogens is 649 g/mol. The Morgan fingerprint density at radius 3 is 2.18 bits per heavy atom. The average Bonchev–Trinajstić information content (AvgIpc) is 3.60. The lowest BCUT2D eigenvalue weighted by atomic mass is 9.89. The Morgan fingerprint density at radius 2 is 1.60 bits per heavy atom. The summed E-state index contributed by atoms with van der Waals surface area (Å²) in [5.41, 5.74) is 4.95. The second kappa shape index (κ2) is 14.8. The summed E-state index contributed by atoms with van der Waals surface area (Å²) in [5.74, 6) is -1.02. The summed E-state index contributed by atoms with van der Waals surface area (Å²) in [6, 6.07) is 21.2. The van der Waals surface area contributed by atoms with E-state index in [1.165, 1.54) is 21.8 Å². The van der Waals surface area contributed by atoms with Gasteiger partial charge < -0.3 is 20.2 Å². The number of anilines is 1. The highest BCUT2D eigenvalue weighted by Crippen LogP contribution is 2.32. The highest BCUT2D eigenvalue weighted by Gasteiger charge is 2.39. The maximum Gasteiger partial charge on any atom is 0.310 e. The fraction of sp³-hybridized carbons (Fsp3) is 0.385. The molecule has 4 heterocycles. The van der Waals surface area contributed by atoms with Gasteiger partial charge in [0.15, 0.2) is 5.82 Å². The van der Waals surface area contributed by atoms with Crippen LogP contribution in [0.2, 0.25) is 0 Å². The van der Waals surface area contributed by atoms with Crippen molar-refractivity contribution in [2.45, 2.75) is 63.8 Å². The molecule has 0 saturated carbocycles. The van der Waals surface area contributed by atoms with E-state index in [1.54, 1.807) is 6.07 Å².